The van der Waals surface area contributed by atoms with Gasteiger partial charge in [0.2, 0.25) is 0 Å². The number of nitrogen functional groups attached to an aromatic ring is 1. The van der Waals surface area contributed by atoms with E-state index in [9.17, 15) is 4.79 Å². The number of hydrogen-bond donors (Lipinski definition) is 1. The number of Topliss-reactive ketones (excluding diaryl/α,β-unsaturated/α-hetero) is 1. The fourth-order valence-corrected chi connectivity index (χ4v) is 2.40. The number of halogens is 1. The maximum Gasteiger partial charge on any atom is 0.163 e. The number of carbonyl (C=O) groups is 1. The van der Waals surface area contributed by atoms with Crippen LogP contribution in [-0.2, 0) is 0 Å². The van der Waals surface area contributed by atoms with E-state index in [2.05, 4.69) is 29.8 Å². The summed E-state index contributed by atoms with van der Waals surface area (Å²) in [6.07, 6.45) is 5.26. The molecule has 1 atom stereocenters. The van der Waals surface area contributed by atoms with E-state index < -0.39 is 0 Å². The van der Waals surface area contributed by atoms with Crippen molar-refractivity contribution in [2.45, 2.75) is 46.0 Å². The first-order valence-corrected chi connectivity index (χ1v) is 7.46. The second kappa shape index (κ2) is 7.57. The lowest BCUT2D eigenvalue weighted by Gasteiger charge is -2.13. The van der Waals surface area contributed by atoms with Gasteiger partial charge in [-0.15, -0.1) is 0 Å². The summed E-state index contributed by atoms with van der Waals surface area (Å²) in [6.45, 7) is 4.35. The van der Waals surface area contributed by atoms with Gasteiger partial charge >= 0.3 is 0 Å². The first-order valence-electron chi connectivity index (χ1n) is 6.66. The zero-order chi connectivity index (χ0) is 13.5. The van der Waals surface area contributed by atoms with E-state index in [0.717, 1.165) is 22.9 Å². The van der Waals surface area contributed by atoms with Crippen LogP contribution in [0.25, 0.3) is 0 Å². The normalized spacial score (nSPS) is 12.4. The van der Waals surface area contributed by atoms with Crippen molar-refractivity contribution >= 4 is 27.4 Å². The first-order chi connectivity index (χ1) is 8.58. The van der Waals surface area contributed by atoms with E-state index in [4.69, 9.17) is 5.73 Å². The van der Waals surface area contributed by atoms with E-state index in [1.165, 1.54) is 12.8 Å². The molecule has 0 aliphatic rings. The zero-order valence-electron chi connectivity index (χ0n) is 11.2. The van der Waals surface area contributed by atoms with Crippen molar-refractivity contribution in [2.24, 2.45) is 5.92 Å². The second-order valence-electron chi connectivity index (χ2n) is 4.78. The summed E-state index contributed by atoms with van der Waals surface area (Å²) in [6, 6.07) is 5.42. The van der Waals surface area contributed by atoms with Crippen LogP contribution in [0.5, 0.6) is 0 Å². The second-order valence-corrected chi connectivity index (χ2v) is 5.63. The minimum absolute atomic E-state index is 0.221. The topological polar surface area (TPSA) is 43.1 Å². The van der Waals surface area contributed by atoms with Crippen molar-refractivity contribution in [3.05, 3.63) is 28.2 Å². The first kappa shape index (κ1) is 15.2. The summed E-state index contributed by atoms with van der Waals surface area (Å²) in [5.41, 5.74) is 7.15. The lowest BCUT2D eigenvalue weighted by Crippen LogP contribution is -2.08. The van der Waals surface area contributed by atoms with Crippen LogP contribution in [0.15, 0.2) is 22.7 Å². The third kappa shape index (κ3) is 4.45. The molecule has 0 aliphatic carbocycles. The Hall–Kier alpha value is -0.830. The number of nitrogens with two attached hydrogens (primary N) is 1. The third-order valence-corrected chi connectivity index (χ3v) is 4.03. The van der Waals surface area contributed by atoms with E-state index in [-0.39, 0.29) is 5.78 Å². The van der Waals surface area contributed by atoms with Crippen LogP contribution in [-0.4, -0.2) is 5.78 Å². The van der Waals surface area contributed by atoms with Crippen molar-refractivity contribution < 1.29 is 4.79 Å². The van der Waals surface area contributed by atoms with Crippen molar-refractivity contribution in [3.63, 3.8) is 0 Å². The molecule has 2 nitrogen and oxygen atoms in total. The summed E-state index contributed by atoms with van der Waals surface area (Å²) in [7, 11) is 0. The van der Waals surface area contributed by atoms with Gasteiger partial charge in [0.05, 0.1) is 0 Å². The average Bonchev–Trinajstić information content (AvgIpc) is 2.37. The molecule has 1 aromatic rings. The van der Waals surface area contributed by atoms with Crippen molar-refractivity contribution in [3.8, 4) is 0 Å². The zero-order valence-corrected chi connectivity index (χ0v) is 12.8. The Bertz CT molecular complexity index is 403. The summed E-state index contributed by atoms with van der Waals surface area (Å²) in [4.78, 5) is 12.2. The Kier molecular flexibility index (Phi) is 6.41. The van der Waals surface area contributed by atoms with Crippen LogP contribution in [0.2, 0.25) is 0 Å². The molecule has 0 heterocycles. The molecule has 100 valence electrons. The number of ketones is 1. The van der Waals surface area contributed by atoms with Gasteiger partial charge in [0.25, 0.3) is 0 Å². The number of carbonyl (C=O) groups excluding carboxylic acids is 1. The predicted molar refractivity (Wildman–Crippen MR) is 80.8 cm³/mol. The van der Waals surface area contributed by atoms with Gasteiger partial charge in [-0.3, -0.25) is 4.79 Å². The molecule has 1 aromatic carbocycles. The van der Waals surface area contributed by atoms with Gasteiger partial charge in [0.1, 0.15) is 0 Å². The molecule has 1 unspecified atom stereocenters. The van der Waals surface area contributed by atoms with E-state index in [1.54, 1.807) is 6.07 Å². The Labute approximate surface area is 118 Å². The standard InChI is InChI=1S/C15H22BrNO/c1-3-5-6-11(4-2)9-15(18)12-7-8-14(17)13(16)10-12/h7-8,10-11H,3-6,9,17H2,1-2H3. The van der Waals surface area contributed by atoms with E-state index in [1.807, 2.05) is 12.1 Å². The highest BCUT2D eigenvalue weighted by Crippen LogP contribution is 2.24. The Morgan fingerprint density at radius 1 is 1.39 bits per heavy atom. The summed E-state index contributed by atoms with van der Waals surface area (Å²) in [5, 5.41) is 0. The monoisotopic (exact) mass is 311 g/mol. The minimum Gasteiger partial charge on any atom is -0.398 e. The number of hydrogen-bond acceptors (Lipinski definition) is 2. The molecule has 0 saturated heterocycles. The van der Waals surface area contributed by atoms with E-state index >= 15 is 0 Å². The molecule has 3 heteroatoms. The van der Waals surface area contributed by atoms with Gasteiger partial charge in [-0.1, -0.05) is 39.5 Å². The summed E-state index contributed by atoms with van der Waals surface area (Å²) in [5.74, 6) is 0.729. The Balaban J connectivity index is 2.65. The maximum absolute atomic E-state index is 12.2. The van der Waals surface area contributed by atoms with Gasteiger partial charge in [0, 0.05) is 22.1 Å². The molecule has 2 N–H and O–H groups in total. The molecule has 0 fully saturated rings. The van der Waals surface area contributed by atoms with Crippen LogP contribution in [0.3, 0.4) is 0 Å². The van der Waals surface area contributed by atoms with Crippen molar-refractivity contribution in [1.29, 1.82) is 0 Å². The lowest BCUT2D eigenvalue weighted by molar-refractivity contribution is 0.0957. The summed E-state index contributed by atoms with van der Waals surface area (Å²) >= 11 is 3.36. The van der Waals surface area contributed by atoms with Crippen LogP contribution in [0.1, 0.15) is 56.3 Å². The van der Waals surface area contributed by atoms with E-state index in [0.29, 0.717) is 18.0 Å². The molecular weight excluding hydrogens is 290 g/mol. The third-order valence-electron chi connectivity index (χ3n) is 3.34. The van der Waals surface area contributed by atoms with Gasteiger partial charge in [0.15, 0.2) is 5.78 Å². The molecule has 1 rings (SSSR count). The van der Waals surface area contributed by atoms with Crippen molar-refractivity contribution in [2.75, 3.05) is 5.73 Å². The SMILES string of the molecule is CCCCC(CC)CC(=O)c1ccc(N)c(Br)c1. The predicted octanol–water partition coefficient (Wildman–Crippen LogP) is 4.82. The smallest absolute Gasteiger partial charge is 0.163 e. The van der Waals surface area contributed by atoms with Crippen LogP contribution < -0.4 is 5.73 Å². The molecule has 0 spiro atoms. The van der Waals surface area contributed by atoms with Crippen LogP contribution in [0.4, 0.5) is 5.69 Å². The molecule has 0 aromatic heterocycles. The maximum atomic E-state index is 12.2. The molecule has 0 aliphatic heterocycles. The number of anilines is 1. The minimum atomic E-state index is 0.221. The average molecular weight is 312 g/mol. The molecule has 0 saturated carbocycles. The van der Waals surface area contributed by atoms with Crippen LogP contribution >= 0.6 is 15.9 Å². The van der Waals surface area contributed by atoms with Crippen LogP contribution in [0, 0.1) is 5.92 Å². The highest BCUT2D eigenvalue weighted by molar-refractivity contribution is 9.10. The van der Waals surface area contributed by atoms with Gasteiger partial charge in [-0.25, -0.2) is 0 Å². The number of benzene rings is 1. The highest BCUT2D eigenvalue weighted by Gasteiger charge is 2.14. The van der Waals surface area contributed by atoms with Gasteiger partial charge < -0.3 is 5.73 Å². The van der Waals surface area contributed by atoms with Gasteiger partial charge in [-0.05, 0) is 40.0 Å². The quantitative estimate of drug-likeness (QED) is 0.579. The summed E-state index contributed by atoms with van der Waals surface area (Å²) < 4.78 is 0.801. The fraction of sp³-hybridized carbons (Fsp3) is 0.533. The highest BCUT2D eigenvalue weighted by atomic mass is 79.9. The molecule has 0 radical (unpaired) electrons. The van der Waals surface area contributed by atoms with Crippen molar-refractivity contribution in [1.82, 2.24) is 0 Å². The lowest BCUT2D eigenvalue weighted by atomic mass is 9.91. The molecule has 0 bridgehead atoms. The molecule has 0 amide bonds. The molecule has 18 heavy (non-hydrogen) atoms. The Morgan fingerprint density at radius 3 is 2.67 bits per heavy atom. The molecular formula is C15H22BrNO. The number of rotatable bonds is 7. The fourth-order valence-electron chi connectivity index (χ4n) is 2.02. The van der Waals surface area contributed by atoms with Gasteiger partial charge in [-0.2, -0.15) is 0 Å². The largest absolute Gasteiger partial charge is 0.398 e. The Morgan fingerprint density at radius 2 is 2.11 bits per heavy atom. The number of unbranched alkanes of at least 4 members (excludes halogenated alkanes) is 1.